The van der Waals surface area contributed by atoms with Crippen LogP contribution in [0.2, 0.25) is 0 Å². The Morgan fingerprint density at radius 2 is 2.19 bits per heavy atom. The first-order chi connectivity index (χ1) is 7.45. The van der Waals surface area contributed by atoms with Crippen LogP contribution in [-0.4, -0.2) is 16.7 Å². The number of ether oxygens (including phenoxy) is 1. The Morgan fingerprint density at radius 1 is 1.50 bits per heavy atom. The van der Waals surface area contributed by atoms with Crippen LogP contribution in [0.5, 0.6) is 5.75 Å². The lowest BCUT2D eigenvalue weighted by Crippen LogP contribution is -2.53. The second kappa shape index (κ2) is 3.48. The Morgan fingerprint density at radius 3 is 2.81 bits per heavy atom. The van der Waals surface area contributed by atoms with Gasteiger partial charge in [0.15, 0.2) is 0 Å². The van der Waals surface area contributed by atoms with E-state index >= 15 is 0 Å². The summed E-state index contributed by atoms with van der Waals surface area (Å²) in [5, 5.41) is 18.9. The number of rotatable bonds is 0. The molecule has 0 saturated carbocycles. The minimum Gasteiger partial charge on any atom is -0.486 e. The number of nitrogens with two attached hydrogens (primary N) is 1. The van der Waals surface area contributed by atoms with Crippen LogP contribution >= 0.6 is 0 Å². The SMILES string of the molecule is CC1(C)Oc2ccc(C#N)cc2[C@@H](O)[C@@H]1N. The molecular weight excluding hydrogens is 204 g/mol. The third-order valence-electron chi connectivity index (χ3n) is 2.97. The van der Waals surface area contributed by atoms with Crippen LogP contribution in [-0.2, 0) is 0 Å². The molecule has 0 aromatic heterocycles. The molecular formula is C12H14N2O2. The first-order valence-corrected chi connectivity index (χ1v) is 5.12. The molecule has 1 aromatic carbocycles. The molecule has 1 aliphatic rings. The summed E-state index contributed by atoms with van der Waals surface area (Å²) >= 11 is 0. The molecule has 0 bridgehead atoms. The monoisotopic (exact) mass is 218 g/mol. The maximum atomic E-state index is 10.1. The number of benzene rings is 1. The lowest BCUT2D eigenvalue weighted by molar-refractivity contribution is -0.0117. The number of fused-ring (bicyclic) bond motifs is 1. The van der Waals surface area contributed by atoms with E-state index in [0.717, 1.165) is 0 Å². The third-order valence-corrected chi connectivity index (χ3v) is 2.97. The summed E-state index contributed by atoms with van der Waals surface area (Å²) in [5.41, 5.74) is 6.38. The Kier molecular flexibility index (Phi) is 2.38. The molecule has 2 atom stereocenters. The zero-order chi connectivity index (χ0) is 11.9. The number of nitriles is 1. The number of hydrogen-bond acceptors (Lipinski definition) is 4. The summed E-state index contributed by atoms with van der Waals surface area (Å²) in [6.45, 7) is 3.67. The van der Waals surface area contributed by atoms with E-state index in [0.29, 0.717) is 16.9 Å². The molecule has 1 aliphatic heterocycles. The van der Waals surface area contributed by atoms with Gasteiger partial charge in [-0.2, -0.15) is 5.26 Å². The lowest BCUT2D eigenvalue weighted by atomic mass is 9.86. The number of hydrogen-bond donors (Lipinski definition) is 2. The molecule has 4 heteroatoms. The van der Waals surface area contributed by atoms with Crippen molar-refractivity contribution in [1.29, 1.82) is 5.26 Å². The van der Waals surface area contributed by atoms with Gasteiger partial charge in [0.25, 0.3) is 0 Å². The van der Waals surface area contributed by atoms with Gasteiger partial charge in [-0.15, -0.1) is 0 Å². The van der Waals surface area contributed by atoms with Gasteiger partial charge in [-0.1, -0.05) is 0 Å². The van der Waals surface area contributed by atoms with Crippen LogP contribution in [0.3, 0.4) is 0 Å². The molecule has 0 spiro atoms. The van der Waals surface area contributed by atoms with Crippen LogP contribution in [0.15, 0.2) is 18.2 Å². The normalized spacial score (nSPS) is 26.4. The van der Waals surface area contributed by atoms with Gasteiger partial charge in [-0.05, 0) is 32.0 Å². The molecule has 0 saturated heterocycles. The maximum Gasteiger partial charge on any atom is 0.126 e. The molecule has 0 amide bonds. The van der Waals surface area contributed by atoms with Crippen molar-refractivity contribution in [2.75, 3.05) is 0 Å². The summed E-state index contributed by atoms with van der Waals surface area (Å²) < 4.78 is 5.71. The van der Waals surface area contributed by atoms with Crippen molar-refractivity contribution in [1.82, 2.24) is 0 Å². The van der Waals surface area contributed by atoms with E-state index in [4.69, 9.17) is 15.7 Å². The fourth-order valence-electron chi connectivity index (χ4n) is 1.87. The van der Waals surface area contributed by atoms with Crippen molar-refractivity contribution < 1.29 is 9.84 Å². The predicted molar refractivity (Wildman–Crippen MR) is 58.8 cm³/mol. The average molecular weight is 218 g/mol. The Hall–Kier alpha value is -1.57. The van der Waals surface area contributed by atoms with E-state index in [-0.39, 0.29) is 0 Å². The van der Waals surface area contributed by atoms with E-state index in [1.165, 1.54) is 0 Å². The molecule has 0 aliphatic carbocycles. The van der Waals surface area contributed by atoms with Crippen molar-refractivity contribution in [3.63, 3.8) is 0 Å². The maximum absolute atomic E-state index is 10.1. The van der Waals surface area contributed by atoms with E-state index in [1.54, 1.807) is 18.2 Å². The van der Waals surface area contributed by atoms with Crippen LogP contribution in [0.1, 0.15) is 31.1 Å². The number of nitrogens with zero attached hydrogens (tertiary/aromatic N) is 1. The molecule has 2 rings (SSSR count). The largest absolute Gasteiger partial charge is 0.486 e. The fourth-order valence-corrected chi connectivity index (χ4v) is 1.87. The van der Waals surface area contributed by atoms with Crippen LogP contribution < -0.4 is 10.5 Å². The number of aliphatic hydroxyl groups excluding tert-OH is 1. The summed E-state index contributed by atoms with van der Waals surface area (Å²) in [4.78, 5) is 0. The zero-order valence-electron chi connectivity index (χ0n) is 9.27. The summed E-state index contributed by atoms with van der Waals surface area (Å²) in [6, 6.07) is 6.50. The van der Waals surface area contributed by atoms with E-state index in [9.17, 15) is 5.11 Å². The quantitative estimate of drug-likeness (QED) is 0.683. The van der Waals surface area contributed by atoms with Gasteiger partial charge in [-0.25, -0.2) is 0 Å². The Bertz CT molecular complexity index is 463. The summed E-state index contributed by atoms with van der Waals surface area (Å²) in [5.74, 6) is 0.596. The number of aliphatic hydroxyl groups is 1. The van der Waals surface area contributed by atoms with Crippen LogP contribution in [0.4, 0.5) is 0 Å². The van der Waals surface area contributed by atoms with Gasteiger partial charge >= 0.3 is 0 Å². The molecule has 0 radical (unpaired) electrons. The molecule has 1 aromatic rings. The minimum atomic E-state index is -0.799. The van der Waals surface area contributed by atoms with Gasteiger partial charge in [0.05, 0.1) is 17.7 Å². The molecule has 0 unspecified atom stereocenters. The van der Waals surface area contributed by atoms with Crippen LogP contribution in [0, 0.1) is 11.3 Å². The topological polar surface area (TPSA) is 79.3 Å². The zero-order valence-corrected chi connectivity index (χ0v) is 9.27. The van der Waals surface area contributed by atoms with Crippen LogP contribution in [0.25, 0.3) is 0 Å². The summed E-state index contributed by atoms with van der Waals surface area (Å²) in [7, 11) is 0. The average Bonchev–Trinajstić information content (AvgIpc) is 2.25. The summed E-state index contributed by atoms with van der Waals surface area (Å²) in [6.07, 6.45) is -0.799. The minimum absolute atomic E-state index is 0.494. The van der Waals surface area contributed by atoms with Crippen molar-refractivity contribution in [3.8, 4) is 11.8 Å². The predicted octanol–water partition coefficient (Wildman–Crippen LogP) is 1.09. The molecule has 4 nitrogen and oxygen atoms in total. The van der Waals surface area contributed by atoms with Crippen molar-refractivity contribution >= 4 is 0 Å². The Balaban J connectivity index is 2.52. The molecule has 16 heavy (non-hydrogen) atoms. The highest BCUT2D eigenvalue weighted by Crippen LogP contribution is 2.38. The van der Waals surface area contributed by atoms with Crippen molar-refractivity contribution in [2.24, 2.45) is 5.73 Å². The van der Waals surface area contributed by atoms with Crippen molar-refractivity contribution in [2.45, 2.75) is 31.6 Å². The Labute approximate surface area is 94.3 Å². The molecule has 1 heterocycles. The van der Waals surface area contributed by atoms with Crippen molar-refractivity contribution in [3.05, 3.63) is 29.3 Å². The standard InChI is InChI=1S/C12H14N2O2/c1-12(2)11(14)10(15)8-5-7(6-13)3-4-9(8)16-12/h3-5,10-11,15H,14H2,1-2H3/t10-,11+/m1/s1. The van der Waals surface area contributed by atoms with Gasteiger partial charge in [-0.3, -0.25) is 0 Å². The fraction of sp³-hybridized carbons (Fsp3) is 0.417. The second-order valence-corrected chi connectivity index (χ2v) is 4.54. The highest BCUT2D eigenvalue weighted by atomic mass is 16.5. The smallest absolute Gasteiger partial charge is 0.126 e. The highest BCUT2D eigenvalue weighted by molar-refractivity contribution is 5.45. The third kappa shape index (κ3) is 1.54. The van der Waals surface area contributed by atoms with Gasteiger partial charge in [0.2, 0.25) is 0 Å². The molecule has 3 N–H and O–H groups in total. The second-order valence-electron chi connectivity index (χ2n) is 4.54. The van der Waals surface area contributed by atoms with Gasteiger partial charge < -0.3 is 15.6 Å². The van der Waals surface area contributed by atoms with E-state index in [1.807, 2.05) is 19.9 Å². The van der Waals surface area contributed by atoms with Gasteiger partial charge in [0, 0.05) is 5.56 Å². The van der Waals surface area contributed by atoms with E-state index < -0.39 is 17.7 Å². The van der Waals surface area contributed by atoms with Gasteiger partial charge in [0.1, 0.15) is 17.5 Å². The highest BCUT2D eigenvalue weighted by Gasteiger charge is 2.40. The lowest BCUT2D eigenvalue weighted by Gasteiger charge is -2.40. The first kappa shape index (κ1) is 10.9. The first-order valence-electron chi connectivity index (χ1n) is 5.12. The molecule has 84 valence electrons. The van der Waals surface area contributed by atoms with E-state index in [2.05, 4.69) is 0 Å². The molecule has 0 fully saturated rings.